The number of ketones is 1. The summed E-state index contributed by atoms with van der Waals surface area (Å²) in [4.78, 5) is 12.4. The van der Waals surface area contributed by atoms with Crippen molar-refractivity contribution in [1.29, 1.82) is 0 Å². The summed E-state index contributed by atoms with van der Waals surface area (Å²) in [5.74, 6) is 2.27. The number of hydrogen-bond acceptors (Lipinski definition) is 3. The van der Waals surface area contributed by atoms with Crippen LogP contribution in [0.3, 0.4) is 0 Å². The second-order valence-electron chi connectivity index (χ2n) is 9.16. The van der Waals surface area contributed by atoms with Crippen LogP contribution >= 0.6 is 0 Å². The number of carbonyl (C=O) groups excluding carboxylic acids is 1. The number of carbonyl (C=O) groups is 1. The number of aliphatic hydroxyl groups excluding tert-OH is 2. The molecule has 0 radical (unpaired) electrons. The lowest BCUT2D eigenvalue weighted by molar-refractivity contribution is -0.175. The molecule has 0 bridgehead atoms. The maximum atomic E-state index is 12.4. The zero-order valence-corrected chi connectivity index (χ0v) is 13.9. The number of Topliss-reactive ketones (excluding diaryl/α,β-unsaturated/α-hetero) is 1. The minimum absolute atomic E-state index is 0.145. The first kappa shape index (κ1) is 15.1. The van der Waals surface area contributed by atoms with Crippen LogP contribution in [-0.2, 0) is 4.79 Å². The van der Waals surface area contributed by atoms with E-state index in [0.717, 1.165) is 38.5 Å². The molecule has 0 aromatic heterocycles. The van der Waals surface area contributed by atoms with Crippen molar-refractivity contribution in [1.82, 2.24) is 0 Å². The van der Waals surface area contributed by atoms with E-state index in [4.69, 9.17) is 0 Å². The first-order chi connectivity index (χ1) is 10.4. The van der Waals surface area contributed by atoms with Gasteiger partial charge in [-0.25, -0.2) is 0 Å². The quantitative estimate of drug-likeness (QED) is 0.723. The summed E-state index contributed by atoms with van der Waals surface area (Å²) in [6.07, 6.45) is 7.08. The maximum absolute atomic E-state index is 12.4. The van der Waals surface area contributed by atoms with Gasteiger partial charge >= 0.3 is 0 Å². The van der Waals surface area contributed by atoms with Crippen LogP contribution in [0.5, 0.6) is 0 Å². The fourth-order valence-electron chi connectivity index (χ4n) is 7.13. The van der Waals surface area contributed by atoms with Crippen molar-refractivity contribution in [2.45, 2.75) is 77.4 Å². The van der Waals surface area contributed by atoms with Crippen LogP contribution in [0.1, 0.15) is 65.2 Å². The molecule has 22 heavy (non-hydrogen) atoms. The molecule has 124 valence electrons. The Balaban J connectivity index is 1.69. The molecular weight excluding hydrogens is 276 g/mol. The molecule has 3 heteroatoms. The van der Waals surface area contributed by atoms with E-state index in [1.54, 1.807) is 0 Å². The van der Waals surface area contributed by atoms with Gasteiger partial charge in [0.15, 0.2) is 0 Å². The molecule has 4 aliphatic rings. The van der Waals surface area contributed by atoms with Gasteiger partial charge < -0.3 is 10.2 Å². The summed E-state index contributed by atoms with van der Waals surface area (Å²) in [7, 11) is 0. The lowest BCUT2D eigenvalue weighted by atomic mass is 9.44. The lowest BCUT2D eigenvalue weighted by Gasteiger charge is -2.61. The second kappa shape index (κ2) is 4.80. The van der Waals surface area contributed by atoms with E-state index in [0.29, 0.717) is 35.9 Å². The Morgan fingerprint density at radius 2 is 1.86 bits per heavy atom. The average Bonchev–Trinajstić information content (AvgIpc) is 2.75. The fraction of sp³-hybridized carbons (Fsp3) is 0.947. The Bertz CT molecular complexity index is 489. The van der Waals surface area contributed by atoms with Crippen LogP contribution in [0, 0.1) is 34.5 Å². The Morgan fingerprint density at radius 3 is 2.64 bits per heavy atom. The highest BCUT2D eigenvalue weighted by atomic mass is 16.3. The summed E-state index contributed by atoms with van der Waals surface area (Å²) in [6, 6.07) is 0. The molecule has 0 saturated heterocycles. The van der Waals surface area contributed by atoms with Gasteiger partial charge in [0.2, 0.25) is 0 Å². The van der Waals surface area contributed by atoms with Crippen LogP contribution in [0.2, 0.25) is 0 Å². The molecule has 4 rings (SSSR count). The average molecular weight is 306 g/mol. The SMILES string of the molecule is C[C@]12C[C@@H](O)C3[C@@H](CC[C@H]4C[C@H](O)CC[C@]34C)[C@@H]1CCC2=O. The third-order valence-corrected chi connectivity index (χ3v) is 8.28. The molecule has 4 aliphatic carbocycles. The molecule has 2 N–H and O–H groups in total. The topological polar surface area (TPSA) is 57.5 Å². The molecule has 4 fully saturated rings. The molecule has 0 heterocycles. The molecule has 0 aromatic rings. The third-order valence-electron chi connectivity index (χ3n) is 8.28. The van der Waals surface area contributed by atoms with E-state index < -0.39 is 0 Å². The highest BCUT2D eigenvalue weighted by molar-refractivity contribution is 5.87. The number of aliphatic hydroxyl groups is 2. The molecule has 8 atom stereocenters. The Labute approximate surface area is 133 Å². The molecule has 0 spiro atoms. The molecule has 0 aromatic carbocycles. The Morgan fingerprint density at radius 1 is 1.09 bits per heavy atom. The zero-order valence-electron chi connectivity index (χ0n) is 13.9. The van der Waals surface area contributed by atoms with Gasteiger partial charge in [-0.3, -0.25) is 4.79 Å². The van der Waals surface area contributed by atoms with Gasteiger partial charge in [-0.1, -0.05) is 13.8 Å². The summed E-state index contributed by atoms with van der Waals surface area (Å²) in [5.41, 5.74) is -0.105. The van der Waals surface area contributed by atoms with Crippen LogP contribution in [0.25, 0.3) is 0 Å². The van der Waals surface area contributed by atoms with Crippen LogP contribution in [-0.4, -0.2) is 28.2 Å². The maximum Gasteiger partial charge on any atom is 0.139 e. The van der Waals surface area contributed by atoms with Crippen molar-refractivity contribution in [3.05, 3.63) is 0 Å². The van der Waals surface area contributed by atoms with Crippen molar-refractivity contribution in [3.63, 3.8) is 0 Å². The largest absolute Gasteiger partial charge is 0.393 e. The lowest BCUT2D eigenvalue weighted by Crippen LogP contribution is -2.59. The summed E-state index contributed by atoms with van der Waals surface area (Å²) in [5, 5.41) is 21.0. The minimum Gasteiger partial charge on any atom is -0.393 e. The third kappa shape index (κ3) is 1.84. The number of hydrogen-bond donors (Lipinski definition) is 2. The Hall–Kier alpha value is -0.410. The highest BCUT2D eigenvalue weighted by Crippen LogP contribution is 2.65. The van der Waals surface area contributed by atoms with Gasteiger partial charge in [-0.2, -0.15) is 0 Å². The van der Waals surface area contributed by atoms with Gasteiger partial charge in [-0.05, 0) is 74.0 Å². The fourth-order valence-corrected chi connectivity index (χ4v) is 7.13. The molecule has 3 nitrogen and oxygen atoms in total. The van der Waals surface area contributed by atoms with E-state index in [9.17, 15) is 15.0 Å². The van der Waals surface area contributed by atoms with Gasteiger partial charge in [0.05, 0.1) is 12.2 Å². The molecular formula is C19H30O3. The first-order valence-electron chi connectivity index (χ1n) is 9.25. The van der Waals surface area contributed by atoms with Crippen LogP contribution in [0.4, 0.5) is 0 Å². The van der Waals surface area contributed by atoms with Crippen LogP contribution < -0.4 is 0 Å². The number of rotatable bonds is 0. The van der Waals surface area contributed by atoms with Crippen molar-refractivity contribution in [2.75, 3.05) is 0 Å². The van der Waals surface area contributed by atoms with Crippen LogP contribution in [0.15, 0.2) is 0 Å². The first-order valence-corrected chi connectivity index (χ1v) is 9.25. The van der Waals surface area contributed by atoms with Crippen molar-refractivity contribution < 1.29 is 15.0 Å². The number of fused-ring (bicyclic) bond motifs is 5. The monoisotopic (exact) mass is 306 g/mol. The predicted molar refractivity (Wildman–Crippen MR) is 84.1 cm³/mol. The van der Waals surface area contributed by atoms with E-state index >= 15 is 0 Å². The van der Waals surface area contributed by atoms with Crippen molar-refractivity contribution in [2.24, 2.45) is 34.5 Å². The Kier molecular flexibility index (Phi) is 3.30. The highest BCUT2D eigenvalue weighted by Gasteiger charge is 2.63. The van der Waals surface area contributed by atoms with Crippen molar-refractivity contribution in [3.8, 4) is 0 Å². The van der Waals surface area contributed by atoms with Gasteiger partial charge in [-0.15, -0.1) is 0 Å². The van der Waals surface area contributed by atoms with E-state index in [1.807, 2.05) is 0 Å². The van der Waals surface area contributed by atoms with Gasteiger partial charge in [0.1, 0.15) is 5.78 Å². The smallest absolute Gasteiger partial charge is 0.139 e. The minimum atomic E-state index is -0.337. The molecule has 0 amide bonds. The summed E-state index contributed by atoms with van der Waals surface area (Å²) >= 11 is 0. The van der Waals surface area contributed by atoms with Gasteiger partial charge in [0, 0.05) is 11.8 Å². The summed E-state index contributed by atoms with van der Waals surface area (Å²) in [6.45, 7) is 4.48. The normalized spacial score (nSPS) is 57.9. The van der Waals surface area contributed by atoms with Crippen molar-refractivity contribution >= 4 is 5.78 Å². The zero-order chi connectivity index (χ0) is 15.7. The molecule has 4 saturated carbocycles. The predicted octanol–water partition coefficient (Wildman–Crippen LogP) is 2.93. The summed E-state index contributed by atoms with van der Waals surface area (Å²) < 4.78 is 0. The van der Waals surface area contributed by atoms with E-state index in [1.165, 1.54) is 6.42 Å². The standard InChI is InChI=1S/C19H30O3/c1-18-8-7-12(20)9-11(18)3-4-13-14-5-6-16(22)19(14,2)10-15(21)17(13)18/h11-15,17,20-21H,3-10H2,1-2H3/t11-,12+,13-,14-,15+,17?,18-,19-/m0/s1. The molecule has 1 unspecified atom stereocenters. The van der Waals surface area contributed by atoms with Gasteiger partial charge in [0.25, 0.3) is 0 Å². The second-order valence-corrected chi connectivity index (χ2v) is 9.16. The molecule has 0 aliphatic heterocycles. The van der Waals surface area contributed by atoms with E-state index in [-0.39, 0.29) is 23.0 Å². The van der Waals surface area contributed by atoms with E-state index in [2.05, 4.69) is 13.8 Å².